The Hall–Kier alpha value is -1.47. The van der Waals surface area contributed by atoms with E-state index in [2.05, 4.69) is 27.5 Å². The van der Waals surface area contributed by atoms with Crippen LogP contribution in [-0.4, -0.2) is 33.5 Å². The van der Waals surface area contributed by atoms with E-state index < -0.39 is 5.97 Å². The first-order valence-corrected chi connectivity index (χ1v) is 7.51. The van der Waals surface area contributed by atoms with Gasteiger partial charge in [-0.15, -0.1) is 0 Å². The normalized spacial score (nSPS) is 10.7. The van der Waals surface area contributed by atoms with Crippen LogP contribution in [0.4, 0.5) is 0 Å². The van der Waals surface area contributed by atoms with E-state index in [1.54, 1.807) is 7.11 Å². The molecule has 0 fully saturated rings. The highest BCUT2D eigenvalue weighted by Gasteiger charge is 2.13. The summed E-state index contributed by atoms with van der Waals surface area (Å²) in [6, 6.07) is 5.58. The number of hydrogen-bond donors (Lipinski definition) is 1. The van der Waals surface area contributed by atoms with Gasteiger partial charge in [-0.1, -0.05) is 34.3 Å². The molecule has 2 aromatic rings. The number of carbonyl (C=O) groups is 1. The molecule has 0 radical (unpaired) electrons. The van der Waals surface area contributed by atoms with E-state index in [1.165, 1.54) is 11.8 Å². The molecule has 106 valence electrons. The third kappa shape index (κ3) is 3.34. The van der Waals surface area contributed by atoms with E-state index in [-0.39, 0.29) is 5.75 Å². The number of thioether (sulfide) groups is 1. The monoisotopic (exact) mass is 356 g/mol. The molecule has 1 N–H and O–H groups in total. The number of nitrogens with zero attached hydrogens (tertiary/aromatic N) is 2. The molecule has 7 heteroatoms. The largest absolute Gasteiger partial charge is 0.497 e. The van der Waals surface area contributed by atoms with Crippen molar-refractivity contribution in [2.24, 2.45) is 0 Å². The van der Waals surface area contributed by atoms with Crippen LogP contribution in [0, 0.1) is 0 Å². The Bertz CT molecular complexity index is 669. The molecule has 0 saturated heterocycles. The van der Waals surface area contributed by atoms with Gasteiger partial charge in [-0.3, -0.25) is 4.79 Å². The molecule has 0 bridgehead atoms. The highest BCUT2D eigenvalue weighted by molar-refractivity contribution is 9.11. The van der Waals surface area contributed by atoms with E-state index >= 15 is 0 Å². The molecule has 0 saturated carbocycles. The lowest BCUT2D eigenvalue weighted by molar-refractivity contribution is -0.133. The smallest absolute Gasteiger partial charge is 0.313 e. The molecule has 0 aliphatic rings. The predicted octanol–water partition coefficient (Wildman–Crippen LogP) is 3.13. The van der Waals surface area contributed by atoms with Gasteiger partial charge in [-0.25, -0.2) is 4.98 Å². The molecule has 20 heavy (non-hydrogen) atoms. The minimum absolute atomic E-state index is 0.0325. The van der Waals surface area contributed by atoms with Gasteiger partial charge in [0.25, 0.3) is 0 Å². The summed E-state index contributed by atoms with van der Waals surface area (Å²) in [6.07, 6.45) is 0. The van der Waals surface area contributed by atoms with E-state index in [4.69, 9.17) is 9.84 Å². The van der Waals surface area contributed by atoms with Crippen LogP contribution in [0.3, 0.4) is 0 Å². The maximum atomic E-state index is 10.7. The first-order chi connectivity index (χ1) is 9.51. The number of methoxy groups -OCH3 is 1. The second kappa shape index (κ2) is 6.32. The van der Waals surface area contributed by atoms with Gasteiger partial charge in [0.1, 0.15) is 5.75 Å². The first kappa shape index (κ1) is 14.9. The fourth-order valence-corrected chi connectivity index (χ4v) is 2.76. The fourth-order valence-electron chi connectivity index (χ4n) is 1.78. The van der Waals surface area contributed by atoms with Gasteiger partial charge in [0.05, 0.1) is 30.4 Å². The zero-order valence-corrected chi connectivity index (χ0v) is 13.2. The molecule has 0 aliphatic heterocycles. The lowest BCUT2D eigenvalue weighted by Gasteiger charge is -2.07. The Balaban J connectivity index is 2.47. The molecule has 1 aromatic heterocycles. The van der Waals surface area contributed by atoms with Crippen molar-refractivity contribution < 1.29 is 14.6 Å². The Morgan fingerprint density at radius 3 is 2.95 bits per heavy atom. The van der Waals surface area contributed by atoms with Crippen LogP contribution in [0.5, 0.6) is 5.75 Å². The molecule has 5 nitrogen and oxygen atoms in total. The number of benzene rings is 1. The summed E-state index contributed by atoms with van der Waals surface area (Å²) >= 11 is 4.52. The van der Waals surface area contributed by atoms with Crippen molar-refractivity contribution in [3.8, 4) is 5.75 Å². The maximum Gasteiger partial charge on any atom is 0.313 e. The number of allylic oxidation sites excluding steroid dienone is 1. The lowest BCUT2D eigenvalue weighted by Crippen LogP contribution is -2.03. The summed E-state index contributed by atoms with van der Waals surface area (Å²) in [5, 5.41) is 9.45. The van der Waals surface area contributed by atoms with Crippen LogP contribution in [0.2, 0.25) is 0 Å². The number of aromatic nitrogens is 2. The van der Waals surface area contributed by atoms with Crippen molar-refractivity contribution in [1.29, 1.82) is 0 Å². The Morgan fingerprint density at radius 1 is 1.60 bits per heavy atom. The van der Waals surface area contributed by atoms with Crippen LogP contribution < -0.4 is 4.74 Å². The minimum atomic E-state index is -0.871. The van der Waals surface area contributed by atoms with Crippen molar-refractivity contribution in [3.63, 3.8) is 0 Å². The number of rotatable bonds is 6. The lowest BCUT2D eigenvalue weighted by atomic mass is 10.3. The number of carboxylic acid groups (broad SMARTS) is 1. The molecule has 0 aliphatic carbocycles. The summed E-state index contributed by atoms with van der Waals surface area (Å²) in [4.78, 5) is 15.2. The average molecular weight is 357 g/mol. The van der Waals surface area contributed by atoms with Gasteiger partial charge in [-0.05, 0) is 12.1 Å². The van der Waals surface area contributed by atoms with Gasteiger partial charge in [0, 0.05) is 10.5 Å². The van der Waals surface area contributed by atoms with Gasteiger partial charge in [0.2, 0.25) is 0 Å². The molecular formula is C13H13BrN2O3S. The molecule has 2 rings (SSSR count). The zero-order chi connectivity index (χ0) is 14.7. The second-order valence-electron chi connectivity index (χ2n) is 4.03. The van der Waals surface area contributed by atoms with E-state index in [0.717, 1.165) is 21.3 Å². The number of carboxylic acids is 1. The van der Waals surface area contributed by atoms with Crippen LogP contribution in [0.1, 0.15) is 0 Å². The van der Waals surface area contributed by atoms with Crippen LogP contribution in [0.25, 0.3) is 11.0 Å². The number of hydrogen-bond acceptors (Lipinski definition) is 4. The van der Waals surface area contributed by atoms with Gasteiger partial charge in [-0.2, -0.15) is 0 Å². The topological polar surface area (TPSA) is 64.4 Å². The van der Waals surface area contributed by atoms with Gasteiger partial charge in [0.15, 0.2) is 5.16 Å². The highest BCUT2D eigenvalue weighted by atomic mass is 79.9. The number of halogens is 1. The van der Waals surface area contributed by atoms with Gasteiger partial charge < -0.3 is 14.4 Å². The second-order valence-corrected chi connectivity index (χ2v) is 6.10. The van der Waals surface area contributed by atoms with Crippen LogP contribution in [-0.2, 0) is 11.3 Å². The van der Waals surface area contributed by atoms with Crippen molar-refractivity contribution >= 4 is 44.7 Å². The summed E-state index contributed by atoms with van der Waals surface area (Å²) in [5.74, 6) is -0.187. The predicted molar refractivity (Wildman–Crippen MR) is 82.7 cm³/mol. The fraction of sp³-hybridized carbons (Fsp3) is 0.231. The van der Waals surface area contributed by atoms with Crippen molar-refractivity contribution in [2.45, 2.75) is 11.7 Å². The molecule has 0 unspecified atom stereocenters. The molecule has 1 aromatic carbocycles. The van der Waals surface area contributed by atoms with Crippen LogP contribution in [0.15, 0.2) is 34.4 Å². The van der Waals surface area contributed by atoms with Crippen molar-refractivity contribution in [1.82, 2.24) is 9.55 Å². The Kier molecular flexibility index (Phi) is 4.72. The quantitative estimate of drug-likeness (QED) is 0.805. The molecule has 0 atom stereocenters. The van der Waals surface area contributed by atoms with Gasteiger partial charge >= 0.3 is 5.97 Å². The average Bonchev–Trinajstić information content (AvgIpc) is 2.73. The summed E-state index contributed by atoms with van der Waals surface area (Å²) in [6.45, 7) is 4.36. The first-order valence-electron chi connectivity index (χ1n) is 5.73. The van der Waals surface area contributed by atoms with Crippen molar-refractivity contribution in [3.05, 3.63) is 29.3 Å². The minimum Gasteiger partial charge on any atom is -0.497 e. The van der Waals surface area contributed by atoms with Crippen LogP contribution >= 0.6 is 27.7 Å². The Labute approximate surface area is 128 Å². The molecule has 0 amide bonds. The highest BCUT2D eigenvalue weighted by Crippen LogP contribution is 2.28. The number of imidazole rings is 1. The molecular weight excluding hydrogens is 344 g/mol. The van der Waals surface area contributed by atoms with E-state index in [0.29, 0.717) is 11.7 Å². The zero-order valence-electron chi connectivity index (χ0n) is 10.8. The van der Waals surface area contributed by atoms with E-state index in [9.17, 15) is 4.79 Å². The number of aliphatic carboxylic acids is 1. The van der Waals surface area contributed by atoms with Crippen molar-refractivity contribution in [2.75, 3.05) is 12.9 Å². The number of fused-ring (bicyclic) bond motifs is 1. The standard InChI is InChI=1S/C13H13BrN2O3S/c1-8(14)6-16-11-4-3-9(19-2)5-10(11)15-13(16)20-7-12(17)18/h3-5H,1,6-7H2,2H3,(H,17,18). The summed E-state index contributed by atoms with van der Waals surface area (Å²) in [5.41, 5.74) is 1.69. The third-order valence-corrected chi connectivity index (χ3v) is 3.79. The summed E-state index contributed by atoms with van der Waals surface area (Å²) in [7, 11) is 1.60. The Morgan fingerprint density at radius 2 is 2.35 bits per heavy atom. The molecule has 0 spiro atoms. The molecule has 1 heterocycles. The third-order valence-electron chi connectivity index (χ3n) is 2.57. The maximum absolute atomic E-state index is 10.7. The van der Waals surface area contributed by atoms with E-state index in [1.807, 2.05) is 22.8 Å². The summed E-state index contributed by atoms with van der Waals surface area (Å²) < 4.78 is 7.90. The number of ether oxygens (including phenoxy) is 1. The SMILES string of the molecule is C=C(Br)Cn1c(SCC(=O)O)nc2cc(OC)ccc21.